The van der Waals surface area contributed by atoms with Crippen LogP contribution in [0.3, 0.4) is 0 Å². The molecular formula is C19H22N2O4. The van der Waals surface area contributed by atoms with Crippen molar-refractivity contribution in [1.82, 2.24) is 5.32 Å². The van der Waals surface area contributed by atoms with Crippen LogP contribution >= 0.6 is 0 Å². The van der Waals surface area contributed by atoms with Crippen LogP contribution in [0.25, 0.3) is 0 Å². The molecule has 2 N–H and O–H groups in total. The largest absolute Gasteiger partial charge is 0.457 e. The van der Waals surface area contributed by atoms with Crippen molar-refractivity contribution in [2.24, 2.45) is 0 Å². The molecule has 6 nitrogen and oxygen atoms in total. The van der Waals surface area contributed by atoms with Crippen molar-refractivity contribution in [2.45, 2.75) is 13.3 Å². The molecule has 0 fully saturated rings. The van der Waals surface area contributed by atoms with Gasteiger partial charge in [0.25, 0.3) is 0 Å². The smallest absolute Gasteiger partial charge is 0.313 e. The van der Waals surface area contributed by atoms with Crippen LogP contribution in [0.1, 0.15) is 13.3 Å². The zero-order chi connectivity index (χ0) is 17.9. The molecule has 0 heterocycles. The topological polar surface area (TPSA) is 76.7 Å². The summed E-state index contributed by atoms with van der Waals surface area (Å²) in [5.41, 5.74) is 0.523. The summed E-state index contributed by atoms with van der Waals surface area (Å²) in [6, 6.07) is 16.2. The van der Waals surface area contributed by atoms with E-state index >= 15 is 0 Å². The SMILES string of the molecule is CCOCCCNC(=O)C(=O)Nc1ccc(Oc2ccccc2)cc1. The molecule has 0 spiro atoms. The highest BCUT2D eigenvalue weighted by Crippen LogP contribution is 2.22. The van der Waals surface area contributed by atoms with Crippen LogP contribution in [0.15, 0.2) is 54.6 Å². The fourth-order valence-corrected chi connectivity index (χ4v) is 2.02. The quantitative estimate of drug-likeness (QED) is 0.571. The van der Waals surface area contributed by atoms with Crippen LogP contribution in [0.2, 0.25) is 0 Å². The van der Waals surface area contributed by atoms with E-state index in [4.69, 9.17) is 9.47 Å². The van der Waals surface area contributed by atoms with Crippen LogP contribution in [-0.4, -0.2) is 31.6 Å². The molecule has 0 saturated carbocycles. The summed E-state index contributed by atoms with van der Waals surface area (Å²) in [6.07, 6.45) is 0.665. The summed E-state index contributed by atoms with van der Waals surface area (Å²) < 4.78 is 10.8. The minimum atomic E-state index is -0.701. The molecule has 0 saturated heterocycles. The minimum absolute atomic E-state index is 0.399. The average molecular weight is 342 g/mol. The molecule has 0 aliphatic heterocycles. The molecular weight excluding hydrogens is 320 g/mol. The Hall–Kier alpha value is -2.86. The van der Waals surface area contributed by atoms with Crippen LogP contribution in [-0.2, 0) is 14.3 Å². The summed E-state index contributed by atoms with van der Waals surface area (Å²) in [4.78, 5) is 23.5. The first-order chi connectivity index (χ1) is 12.2. The van der Waals surface area contributed by atoms with Crippen LogP contribution < -0.4 is 15.4 Å². The molecule has 6 heteroatoms. The highest BCUT2D eigenvalue weighted by molar-refractivity contribution is 6.39. The average Bonchev–Trinajstić information content (AvgIpc) is 2.64. The third kappa shape index (κ3) is 6.64. The molecule has 25 heavy (non-hydrogen) atoms. The Bertz CT molecular complexity index is 672. The van der Waals surface area contributed by atoms with Gasteiger partial charge in [-0.3, -0.25) is 9.59 Å². The van der Waals surface area contributed by atoms with Crippen molar-refractivity contribution in [3.05, 3.63) is 54.6 Å². The maximum atomic E-state index is 11.8. The monoisotopic (exact) mass is 342 g/mol. The first kappa shape index (κ1) is 18.5. The van der Waals surface area contributed by atoms with E-state index in [9.17, 15) is 9.59 Å². The predicted molar refractivity (Wildman–Crippen MR) is 95.7 cm³/mol. The maximum Gasteiger partial charge on any atom is 0.313 e. The number of para-hydroxylation sites is 1. The number of rotatable bonds is 8. The van der Waals surface area contributed by atoms with Crippen LogP contribution in [0, 0.1) is 0 Å². The molecule has 0 aliphatic rings. The van der Waals surface area contributed by atoms with Gasteiger partial charge in [0.15, 0.2) is 0 Å². The molecule has 2 amide bonds. The van der Waals surface area contributed by atoms with Gasteiger partial charge in [-0.2, -0.15) is 0 Å². The third-order valence-electron chi connectivity index (χ3n) is 3.25. The molecule has 0 aliphatic carbocycles. The lowest BCUT2D eigenvalue weighted by atomic mass is 10.3. The summed E-state index contributed by atoms with van der Waals surface area (Å²) in [7, 11) is 0. The van der Waals surface area contributed by atoms with E-state index in [1.807, 2.05) is 37.3 Å². The predicted octanol–water partition coefficient (Wildman–Crippen LogP) is 2.96. The molecule has 0 bridgehead atoms. The molecule has 0 unspecified atom stereocenters. The number of hydrogen-bond donors (Lipinski definition) is 2. The first-order valence-electron chi connectivity index (χ1n) is 8.19. The number of ether oxygens (including phenoxy) is 2. The standard InChI is InChI=1S/C19H22N2O4/c1-2-24-14-6-13-20-18(22)19(23)21-15-9-11-17(12-10-15)25-16-7-4-3-5-8-16/h3-5,7-12H,2,6,13-14H2,1H3,(H,20,22)(H,21,23). The fourth-order valence-electron chi connectivity index (χ4n) is 2.02. The second-order valence-electron chi connectivity index (χ2n) is 5.20. The van der Waals surface area contributed by atoms with E-state index in [0.29, 0.717) is 37.6 Å². The molecule has 0 atom stereocenters. The summed E-state index contributed by atoms with van der Waals surface area (Å²) in [5, 5.41) is 5.10. The zero-order valence-corrected chi connectivity index (χ0v) is 14.2. The van der Waals surface area contributed by atoms with E-state index in [0.717, 1.165) is 5.75 Å². The molecule has 132 valence electrons. The van der Waals surface area contributed by atoms with Gasteiger partial charge in [-0.05, 0) is 49.7 Å². The van der Waals surface area contributed by atoms with Crippen LogP contribution in [0.4, 0.5) is 5.69 Å². The highest BCUT2D eigenvalue weighted by atomic mass is 16.5. The molecule has 2 aromatic carbocycles. The lowest BCUT2D eigenvalue weighted by Crippen LogP contribution is -2.36. The van der Waals surface area contributed by atoms with Gasteiger partial charge in [-0.1, -0.05) is 18.2 Å². The first-order valence-corrected chi connectivity index (χ1v) is 8.19. The Balaban J connectivity index is 1.78. The normalized spacial score (nSPS) is 10.1. The lowest BCUT2D eigenvalue weighted by molar-refractivity contribution is -0.136. The third-order valence-corrected chi connectivity index (χ3v) is 3.25. The molecule has 0 radical (unpaired) electrons. The van der Waals surface area contributed by atoms with Crippen molar-refractivity contribution < 1.29 is 19.1 Å². The van der Waals surface area contributed by atoms with Gasteiger partial charge in [0, 0.05) is 25.4 Å². The van der Waals surface area contributed by atoms with Gasteiger partial charge in [-0.15, -0.1) is 0 Å². The Morgan fingerprint density at radius 1 is 0.920 bits per heavy atom. The van der Waals surface area contributed by atoms with Crippen molar-refractivity contribution in [1.29, 1.82) is 0 Å². The second-order valence-corrected chi connectivity index (χ2v) is 5.20. The van der Waals surface area contributed by atoms with Gasteiger partial charge < -0.3 is 20.1 Å². The van der Waals surface area contributed by atoms with E-state index in [1.54, 1.807) is 24.3 Å². The van der Waals surface area contributed by atoms with Gasteiger partial charge >= 0.3 is 11.8 Å². The molecule has 2 rings (SSSR count). The Kier molecular flexibility index (Phi) is 7.46. The van der Waals surface area contributed by atoms with Gasteiger partial charge in [0.05, 0.1) is 0 Å². The number of benzene rings is 2. The Morgan fingerprint density at radius 3 is 2.28 bits per heavy atom. The van der Waals surface area contributed by atoms with Crippen molar-refractivity contribution in [2.75, 3.05) is 25.1 Å². The number of amides is 2. The highest BCUT2D eigenvalue weighted by Gasteiger charge is 2.12. The second kappa shape index (κ2) is 10.1. The summed E-state index contributed by atoms with van der Waals surface area (Å²) in [5.74, 6) is 0.00420. The number of carbonyl (C=O) groups excluding carboxylic acids is 2. The van der Waals surface area contributed by atoms with E-state index in [1.165, 1.54) is 0 Å². The van der Waals surface area contributed by atoms with Crippen molar-refractivity contribution >= 4 is 17.5 Å². The lowest BCUT2D eigenvalue weighted by Gasteiger charge is -2.08. The van der Waals surface area contributed by atoms with Crippen molar-refractivity contribution in [3.8, 4) is 11.5 Å². The molecule has 2 aromatic rings. The van der Waals surface area contributed by atoms with Gasteiger partial charge in [-0.25, -0.2) is 0 Å². The number of nitrogens with one attached hydrogen (secondary N) is 2. The number of hydrogen-bond acceptors (Lipinski definition) is 4. The molecule has 0 aromatic heterocycles. The maximum absolute atomic E-state index is 11.8. The van der Waals surface area contributed by atoms with Crippen LogP contribution in [0.5, 0.6) is 11.5 Å². The Labute approximate surface area is 147 Å². The van der Waals surface area contributed by atoms with Gasteiger partial charge in [0.1, 0.15) is 11.5 Å². The Morgan fingerprint density at radius 2 is 1.60 bits per heavy atom. The zero-order valence-electron chi connectivity index (χ0n) is 14.2. The van der Waals surface area contributed by atoms with Crippen molar-refractivity contribution in [3.63, 3.8) is 0 Å². The fraction of sp³-hybridized carbons (Fsp3) is 0.263. The van der Waals surface area contributed by atoms with E-state index in [-0.39, 0.29) is 0 Å². The summed E-state index contributed by atoms with van der Waals surface area (Å²) in [6.45, 7) is 3.50. The van der Waals surface area contributed by atoms with Gasteiger partial charge in [0.2, 0.25) is 0 Å². The summed E-state index contributed by atoms with van der Waals surface area (Å²) >= 11 is 0. The number of anilines is 1. The van der Waals surface area contributed by atoms with E-state index in [2.05, 4.69) is 10.6 Å². The number of carbonyl (C=O) groups is 2. The minimum Gasteiger partial charge on any atom is -0.457 e. The van der Waals surface area contributed by atoms with E-state index < -0.39 is 11.8 Å².